The predicted octanol–water partition coefficient (Wildman–Crippen LogP) is 3.07. The molecule has 2 N–H and O–H groups in total. The zero-order valence-electron chi connectivity index (χ0n) is 15.9. The zero-order chi connectivity index (χ0) is 19.5. The Morgan fingerprint density at radius 3 is 2.43 bits per heavy atom. The average molecular weight is 376 g/mol. The molecule has 4 rings (SSSR count). The van der Waals surface area contributed by atoms with Gasteiger partial charge in [-0.3, -0.25) is 4.79 Å². The summed E-state index contributed by atoms with van der Waals surface area (Å²) in [4.78, 5) is 31.8. The first-order chi connectivity index (χ1) is 13.6. The molecule has 1 atom stereocenters. The van der Waals surface area contributed by atoms with Crippen molar-refractivity contribution in [3.63, 3.8) is 0 Å². The van der Waals surface area contributed by atoms with Crippen LogP contribution in [-0.2, 0) is 4.79 Å². The summed E-state index contributed by atoms with van der Waals surface area (Å²) < 4.78 is 0. The van der Waals surface area contributed by atoms with E-state index in [0.717, 1.165) is 42.5 Å². The predicted molar refractivity (Wildman–Crippen MR) is 110 cm³/mol. The highest BCUT2D eigenvalue weighted by Gasteiger charge is 2.31. The van der Waals surface area contributed by atoms with Crippen LogP contribution in [0.5, 0.6) is 0 Å². The number of urea groups is 1. The normalized spacial score (nSPS) is 19.6. The Morgan fingerprint density at radius 1 is 1.00 bits per heavy atom. The van der Waals surface area contributed by atoms with Gasteiger partial charge in [-0.2, -0.15) is 0 Å². The first kappa shape index (κ1) is 18.2. The lowest BCUT2D eigenvalue weighted by Gasteiger charge is -2.21. The molecule has 6 nitrogen and oxygen atoms in total. The van der Waals surface area contributed by atoms with E-state index in [-0.39, 0.29) is 18.0 Å². The number of carbonyl (C=O) groups is 2. The van der Waals surface area contributed by atoms with Gasteiger partial charge in [0.25, 0.3) is 5.91 Å². The van der Waals surface area contributed by atoms with Gasteiger partial charge in [0.15, 0.2) is 0 Å². The maximum absolute atomic E-state index is 13.0. The van der Waals surface area contributed by atoms with Crippen molar-refractivity contribution in [3.8, 4) is 0 Å². The highest BCUT2D eigenvalue weighted by Crippen LogP contribution is 2.27. The van der Waals surface area contributed by atoms with Gasteiger partial charge >= 0.3 is 6.03 Å². The van der Waals surface area contributed by atoms with Crippen LogP contribution in [0, 0.1) is 0 Å². The van der Waals surface area contributed by atoms with Crippen LogP contribution in [0.4, 0.5) is 10.5 Å². The minimum Gasteiger partial charge on any atom is -0.335 e. The third kappa shape index (κ3) is 3.63. The Morgan fingerprint density at radius 2 is 1.68 bits per heavy atom. The first-order valence-corrected chi connectivity index (χ1v) is 9.71. The van der Waals surface area contributed by atoms with E-state index in [0.29, 0.717) is 5.71 Å². The third-order valence-corrected chi connectivity index (χ3v) is 5.35. The summed E-state index contributed by atoms with van der Waals surface area (Å²) in [6, 6.07) is 17.2. The number of fused-ring (bicyclic) bond motifs is 1. The van der Waals surface area contributed by atoms with Gasteiger partial charge in [0, 0.05) is 24.2 Å². The van der Waals surface area contributed by atoms with E-state index in [1.54, 1.807) is 11.9 Å². The Balaban J connectivity index is 1.68. The molecule has 1 fully saturated rings. The fourth-order valence-corrected chi connectivity index (χ4v) is 3.86. The molecule has 144 valence electrons. The van der Waals surface area contributed by atoms with Crippen LogP contribution >= 0.6 is 0 Å². The molecule has 28 heavy (non-hydrogen) atoms. The summed E-state index contributed by atoms with van der Waals surface area (Å²) in [5.41, 5.74) is 3.24. The highest BCUT2D eigenvalue weighted by atomic mass is 16.2. The fraction of sp³-hybridized carbons (Fsp3) is 0.318. The van der Waals surface area contributed by atoms with Crippen molar-refractivity contribution in [1.29, 1.82) is 0 Å². The molecule has 6 heteroatoms. The molecule has 3 amide bonds. The number of aliphatic imine (C=N–C) groups is 1. The second-order valence-electron chi connectivity index (χ2n) is 7.26. The molecule has 0 bridgehead atoms. The van der Waals surface area contributed by atoms with Gasteiger partial charge in [-0.15, -0.1) is 0 Å². The van der Waals surface area contributed by atoms with Crippen LogP contribution in [0.15, 0.2) is 59.6 Å². The number of nitrogens with one attached hydrogen (secondary N) is 2. The number of likely N-dealkylation sites (N-methyl/N-ethyl adjacent to an activating group) is 1. The van der Waals surface area contributed by atoms with Crippen LogP contribution in [-0.4, -0.2) is 36.9 Å². The lowest BCUT2D eigenvalue weighted by atomic mass is 10.0. The van der Waals surface area contributed by atoms with Crippen LogP contribution in [0.3, 0.4) is 0 Å². The largest absolute Gasteiger partial charge is 0.335 e. The van der Waals surface area contributed by atoms with Gasteiger partial charge in [0.1, 0.15) is 0 Å². The number of benzodiazepines with no additional fused rings is 1. The molecule has 0 aromatic heterocycles. The van der Waals surface area contributed by atoms with Gasteiger partial charge in [-0.05, 0) is 18.9 Å². The van der Waals surface area contributed by atoms with Crippen LogP contribution in [0.2, 0.25) is 0 Å². The van der Waals surface area contributed by atoms with E-state index in [1.165, 1.54) is 0 Å². The summed E-state index contributed by atoms with van der Waals surface area (Å²) in [5, 5.41) is 5.74. The molecule has 2 aliphatic rings. The quantitative estimate of drug-likeness (QED) is 0.864. The number of nitrogens with zero attached hydrogens (tertiary/aromatic N) is 2. The number of hydrogen-bond donors (Lipinski definition) is 2. The standard InChI is InChI=1S/C22H24N4O2/c1-26-18-14-8-7-13-17(18)19(15-9-3-2-4-10-15)24-20(21(26)27)25-22(28)23-16-11-5-6-12-16/h2-4,7-10,13-14,16,20H,5-6,11-12H2,1H3,(H2,23,25,28)/t20-/m0/s1. The molecule has 2 aromatic carbocycles. The van der Waals surface area contributed by atoms with Gasteiger partial charge in [-0.1, -0.05) is 61.4 Å². The Bertz CT molecular complexity index is 904. The van der Waals surface area contributed by atoms with E-state index >= 15 is 0 Å². The summed E-state index contributed by atoms with van der Waals surface area (Å²) >= 11 is 0. The van der Waals surface area contributed by atoms with Crippen molar-refractivity contribution in [2.75, 3.05) is 11.9 Å². The van der Waals surface area contributed by atoms with Crippen molar-refractivity contribution < 1.29 is 9.59 Å². The molecule has 0 saturated heterocycles. The van der Waals surface area contributed by atoms with Crippen LogP contribution in [0.25, 0.3) is 0 Å². The fourth-order valence-electron chi connectivity index (χ4n) is 3.86. The Kier molecular flexibility index (Phi) is 5.10. The van der Waals surface area contributed by atoms with E-state index in [1.807, 2.05) is 54.6 Å². The number of rotatable bonds is 3. The third-order valence-electron chi connectivity index (χ3n) is 5.35. The van der Waals surface area contributed by atoms with Crippen LogP contribution < -0.4 is 15.5 Å². The van der Waals surface area contributed by atoms with E-state index in [2.05, 4.69) is 15.6 Å². The van der Waals surface area contributed by atoms with Crippen molar-refractivity contribution >= 4 is 23.3 Å². The molecule has 1 aliphatic carbocycles. The van der Waals surface area contributed by atoms with E-state index < -0.39 is 6.17 Å². The molecule has 1 aliphatic heterocycles. The van der Waals surface area contributed by atoms with Gasteiger partial charge in [0.05, 0.1) is 11.4 Å². The maximum Gasteiger partial charge on any atom is 0.317 e. The van der Waals surface area contributed by atoms with E-state index in [4.69, 9.17) is 0 Å². The lowest BCUT2D eigenvalue weighted by molar-refractivity contribution is -0.119. The van der Waals surface area contributed by atoms with Gasteiger partial charge < -0.3 is 15.5 Å². The second kappa shape index (κ2) is 7.84. The number of carbonyl (C=O) groups excluding carboxylic acids is 2. The summed E-state index contributed by atoms with van der Waals surface area (Å²) in [6.45, 7) is 0. The minimum atomic E-state index is -0.978. The molecule has 1 saturated carbocycles. The molecule has 2 aromatic rings. The van der Waals surface area contributed by atoms with Crippen molar-refractivity contribution in [2.45, 2.75) is 37.9 Å². The zero-order valence-corrected chi connectivity index (χ0v) is 15.9. The van der Waals surface area contributed by atoms with Crippen LogP contribution in [0.1, 0.15) is 36.8 Å². The molecule has 0 spiro atoms. The Hall–Kier alpha value is -3.15. The molecule has 0 unspecified atom stereocenters. The van der Waals surface area contributed by atoms with Gasteiger partial charge in [0.2, 0.25) is 6.17 Å². The molecular weight excluding hydrogens is 352 g/mol. The summed E-state index contributed by atoms with van der Waals surface area (Å²) in [6.07, 6.45) is 3.24. The molecule has 1 heterocycles. The first-order valence-electron chi connectivity index (χ1n) is 9.71. The minimum absolute atomic E-state index is 0.174. The number of anilines is 1. The lowest BCUT2D eigenvalue weighted by Crippen LogP contribution is -2.51. The van der Waals surface area contributed by atoms with Gasteiger partial charge in [-0.25, -0.2) is 9.79 Å². The molecular formula is C22H24N4O2. The highest BCUT2D eigenvalue weighted by molar-refractivity contribution is 6.20. The monoisotopic (exact) mass is 376 g/mol. The van der Waals surface area contributed by atoms with Crippen molar-refractivity contribution in [3.05, 3.63) is 65.7 Å². The summed E-state index contributed by atoms with van der Waals surface area (Å²) in [5.74, 6) is -0.264. The second-order valence-corrected chi connectivity index (χ2v) is 7.26. The number of amides is 3. The number of benzene rings is 2. The summed E-state index contributed by atoms with van der Waals surface area (Å²) in [7, 11) is 1.72. The van der Waals surface area contributed by atoms with Crippen molar-refractivity contribution in [2.24, 2.45) is 4.99 Å². The molecule has 0 radical (unpaired) electrons. The maximum atomic E-state index is 13.0. The number of para-hydroxylation sites is 1. The van der Waals surface area contributed by atoms with Crippen molar-refractivity contribution in [1.82, 2.24) is 10.6 Å². The number of hydrogen-bond acceptors (Lipinski definition) is 3. The smallest absolute Gasteiger partial charge is 0.317 e. The van der Waals surface area contributed by atoms with E-state index in [9.17, 15) is 9.59 Å². The topological polar surface area (TPSA) is 73.8 Å². The SMILES string of the molecule is CN1C(=O)[C@H](NC(=O)NC2CCCC2)N=C(c2ccccc2)c2ccccc21. The Labute approximate surface area is 164 Å². The average Bonchev–Trinajstić information content (AvgIpc) is 3.20.